The first-order valence-corrected chi connectivity index (χ1v) is 11.2. The second-order valence-corrected chi connectivity index (χ2v) is 8.16. The number of rotatable bonds is 9. The zero-order valence-electron chi connectivity index (χ0n) is 19.3. The van der Waals surface area contributed by atoms with Gasteiger partial charge >= 0.3 is 0 Å². The van der Waals surface area contributed by atoms with E-state index >= 15 is 0 Å². The molecule has 2 amide bonds. The monoisotopic (exact) mass is 493 g/mol. The van der Waals surface area contributed by atoms with Crippen LogP contribution >= 0.6 is 11.6 Å². The first-order valence-electron chi connectivity index (χ1n) is 10.8. The molecule has 1 N–H and O–H groups in total. The number of methoxy groups -OCH3 is 2. The summed E-state index contributed by atoms with van der Waals surface area (Å²) in [5.41, 5.74) is 2.73. The van der Waals surface area contributed by atoms with Crippen LogP contribution in [0.25, 0.3) is 11.0 Å². The van der Waals surface area contributed by atoms with Crippen molar-refractivity contribution in [2.24, 2.45) is 0 Å². The molecule has 0 radical (unpaired) electrons. The van der Waals surface area contributed by atoms with Gasteiger partial charge in [-0.1, -0.05) is 41.1 Å². The van der Waals surface area contributed by atoms with Crippen LogP contribution in [-0.4, -0.2) is 52.5 Å². The Morgan fingerprint density at radius 1 is 1.03 bits per heavy atom. The summed E-state index contributed by atoms with van der Waals surface area (Å²) in [7, 11) is 3.05. The summed E-state index contributed by atoms with van der Waals surface area (Å²) in [5.74, 6) is 0.383. The van der Waals surface area contributed by atoms with E-state index in [1.54, 1.807) is 37.4 Å². The maximum absolute atomic E-state index is 13.3. The molecule has 0 bridgehead atoms. The number of amides is 2. The number of anilines is 1. The number of aromatic nitrogens is 3. The van der Waals surface area contributed by atoms with Gasteiger partial charge in [0.05, 0.1) is 25.4 Å². The zero-order valence-corrected chi connectivity index (χ0v) is 20.0. The fourth-order valence-corrected chi connectivity index (χ4v) is 3.70. The lowest BCUT2D eigenvalue weighted by Gasteiger charge is -2.23. The number of carbonyl (C=O) groups excluding carboxylic acids is 2. The fourth-order valence-electron chi connectivity index (χ4n) is 3.57. The van der Waals surface area contributed by atoms with E-state index in [4.69, 9.17) is 21.1 Å². The fraction of sp³-hybridized carbons (Fsp3) is 0.200. The lowest BCUT2D eigenvalue weighted by Crippen LogP contribution is -2.39. The number of benzene rings is 3. The van der Waals surface area contributed by atoms with Gasteiger partial charge in [-0.05, 0) is 42.0 Å². The van der Waals surface area contributed by atoms with Crippen LogP contribution in [0, 0.1) is 0 Å². The normalized spacial score (nSPS) is 10.7. The average Bonchev–Trinajstić information content (AvgIpc) is 3.27. The van der Waals surface area contributed by atoms with Crippen molar-refractivity contribution < 1.29 is 19.1 Å². The Hall–Kier alpha value is -4.11. The summed E-state index contributed by atoms with van der Waals surface area (Å²) < 4.78 is 12.1. The lowest BCUT2D eigenvalue weighted by atomic mass is 10.2. The van der Waals surface area contributed by atoms with Crippen LogP contribution in [0.15, 0.2) is 66.7 Å². The molecule has 4 rings (SSSR count). The molecule has 0 saturated carbocycles. The zero-order chi connectivity index (χ0) is 24.8. The Kier molecular flexibility index (Phi) is 7.47. The predicted molar refractivity (Wildman–Crippen MR) is 133 cm³/mol. The molecule has 4 aromatic rings. The Labute approximate surface area is 207 Å². The Bertz CT molecular complexity index is 1340. The molecular formula is C25H24ClN5O4. The van der Waals surface area contributed by atoms with E-state index < -0.39 is 0 Å². The molecule has 0 aliphatic heterocycles. The highest BCUT2D eigenvalue weighted by atomic mass is 35.5. The van der Waals surface area contributed by atoms with Gasteiger partial charge in [-0.3, -0.25) is 9.59 Å². The van der Waals surface area contributed by atoms with Crippen LogP contribution in [0.4, 0.5) is 5.69 Å². The second-order valence-electron chi connectivity index (χ2n) is 7.73. The Morgan fingerprint density at radius 2 is 1.80 bits per heavy atom. The molecule has 35 heavy (non-hydrogen) atoms. The molecule has 3 aromatic carbocycles. The number of nitrogens with zero attached hydrogens (tertiary/aromatic N) is 4. The van der Waals surface area contributed by atoms with Crippen LogP contribution in [0.3, 0.4) is 0 Å². The van der Waals surface area contributed by atoms with Crippen molar-refractivity contribution in [3.63, 3.8) is 0 Å². The van der Waals surface area contributed by atoms with Crippen molar-refractivity contribution in [3.8, 4) is 11.5 Å². The van der Waals surface area contributed by atoms with Gasteiger partial charge in [-0.25, -0.2) is 4.68 Å². The van der Waals surface area contributed by atoms with E-state index in [1.807, 2.05) is 36.4 Å². The van der Waals surface area contributed by atoms with Gasteiger partial charge in [0.25, 0.3) is 0 Å². The third-order valence-corrected chi connectivity index (χ3v) is 5.61. The van der Waals surface area contributed by atoms with Crippen LogP contribution in [-0.2, 0) is 22.7 Å². The number of fused-ring (bicyclic) bond motifs is 1. The summed E-state index contributed by atoms with van der Waals surface area (Å²) in [5, 5.41) is 11.6. The minimum atomic E-state index is -0.376. The molecule has 10 heteroatoms. The molecule has 0 fully saturated rings. The van der Waals surface area contributed by atoms with Crippen molar-refractivity contribution >= 4 is 40.1 Å². The number of nitrogens with one attached hydrogen (secondary N) is 1. The maximum Gasteiger partial charge on any atom is 0.245 e. The molecule has 180 valence electrons. The van der Waals surface area contributed by atoms with Gasteiger partial charge in [0.15, 0.2) is 0 Å². The molecule has 1 aromatic heterocycles. The summed E-state index contributed by atoms with van der Waals surface area (Å²) >= 11 is 6.00. The molecule has 9 nitrogen and oxygen atoms in total. The third-order valence-electron chi connectivity index (χ3n) is 5.36. The van der Waals surface area contributed by atoms with Gasteiger partial charge in [-0.2, -0.15) is 0 Å². The standard InChI is InChI=1S/C25H24ClN5O4/c1-34-19-11-12-21(23(13-19)35-2)27-24(32)15-30(14-17-7-9-18(26)10-8-17)25(33)16-31-22-6-4-3-5-20(22)28-29-31/h3-13H,14-16H2,1-2H3,(H,27,32). The predicted octanol–water partition coefficient (Wildman–Crippen LogP) is 3.77. The average molecular weight is 494 g/mol. The first kappa shape index (κ1) is 24.0. The summed E-state index contributed by atoms with van der Waals surface area (Å²) in [6.07, 6.45) is 0. The van der Waals surface area contributed by atoms with E-state index in [0.29, 0.717) is 27.7 Å². The molecule has 1 heterocycles. The second kappa shape index (κ2) is 10.9. The Morgan fingerprint density at radius 3 is 2.54 bits per heavy atom. The molecule has 0 spiro atoms. The van der Waals surface area contributed by atoms with E-state index in [0.717, 1.165) is 11.1 Å². The van der Waals surface area contributed by atoms with E-state index in [9.17, 15) is 9.59 Å². The van der Waals surface area contributed by atoms with Crippen LogP contribution in [0.5, 0.6) is 11.5 Å². The number of para-hydroxylation sites is 1. The molecule has 0 saturated heterocycles. The van der Waals surface area contributed by atoms with Gasteiger partial charge in [-0.15, -0.1) is 5.10 Å². The van der Waals surface area contributed by atoms with Gasteiger partial charge in [0.2, 0.25) is 11.8 Å². The number of hydrogen-bond donors (Lipinski definition) is 1. The topological polar surface area (TPSA) is 98.6 Å². The number of halogens is 1. The molecule has 0 unspecified atom stereocenters. The minimum absolute atomic E-state index is 0.0623. The van der Waals surface area contributed by atoms with E-state index in [-0.39, 0.29) is 31.4 Å². The van der Waals surface area contributed by atoms with Gasteiger partial charge < -0.3 is 19.7 Å². The summed E-state index contributed by atoms with van der Waals surface area (Å²) in [4.78, 5) is 27.7. The van der Waals surface area contributed by atoms with Crippen molar-refractivity contribution in [3.05, 3.63) is 77.3 Å². The largest absolute Gasteiger partial charge is 0.497 e. The van der Waals surface area contributed by atoms with Crippen LogP contribution in [0.2, 0.25) is 5.02 Å². The highest BCUT2D eigenvalue weighted by Gasteiger charge is 2.20. The molecule has 0 aliphatic rings. The minimum Gasteiger partial charge on any atom is -0.497 e. The first-order chi connectivity index (χ1) is 17.0. The molecule has 0 atom stereocenters. The highest BCUT2D eigenvalue weighted by Crippen LogP contribution is 2.29. The number of hydrogen-bond acceptors (Lipinski definition) is 6. The summed E-state index contributed by atoms with van der Waals surface area (Å²) in [6.45, 7) is -0.0215. The molecule has 0 aliphatic carbocycles. The Balaban J connectivity index is 1.53. The van der Waals surface area contributed by atoms with Gasteiger partial charge in [0.1, 0.15) is 30.1 Å². The van der Waals surface area contributed by atoms with E-state index in [1.165, 1.54) is 16.7 Å². The van der Waals surface area contributed by atoms with Crippen molar-refractivity contribution in [2.45, 2.75) is 13.1 Å². The van der Waals surface area contributed by atoms with Crippen molar-refractivity contribution in [1.29, 1.82) is 0 Å². The smallest absolute Gasteiger partial charge is 0.245 e. The van der Waals surface area contributed by atoms with Crippen LogP contribution in [0.1, 0.15) is 5.56 Å². The number of ether oxygens (including phenoxy) is 2. The maximum atomic E-state index is 13.3. The SMILES string of the molecule is COc1ccc(NC(=O)CN(Cc2ccc(Cl)cc2)C(=O)Cn2nnc3ccccc32)c(OC)c1. The summed E-state index contributed by atoms with van der Waals surface area (Å²) in [6, 6.07) is 19.6. The van der Waals surface area contributed by atoms with Crippen molar-refractivity contribution in [1.82, 2.24) is 19.9 Å². The number of carbonyl (C=O) groups is 2. The van der Waals surface area contributed by atoms with Gasteiger partial charge in [0, 0.05) is 17.6 Å². The lowest BCUT2D eigenvalue weighted by molar-refractivity contribution is -0.136. The third kappa shape index (κ3) is 5.88. The highest BCUT2D eigenvalue weighted by molar-refractivity contribution is 6.30. The van der Waals surface area contributed by atoms with E-state index in [2.05, 4.69) is 15.6 Å². The quantitative estimate of drug-likeness (QED) is 0.381. The van der Waals surface area contributed by atoms with Crippen LogP contribution < -0.4 is 14.8 Å². The van der Waals surface area contributed by atoms with Crippen molar-refractivity contribution in [2.75, 3.05) is 26.1 Å². The molecular weight excluding hydrogens is 470 g/mol.